The number of fused-ring (bicyclic) bond motifs is 1. The van der Waals surface area contributed by atoms with Crippen LogP contribution in [0.2, 0.25) is 0 Å². The number of benzene rings is 2. The molecule has 252 valence electrons. The fourth-order valence-corrected chi connectivity index (χ4v) is 9.19. The minimum atomic E-state index is -0.176. The van der Waals surface area contributed by atoms with Crippen molar-refractivity contribution < 1.29 is 23.7 Å². The Hall–Kier alpha value is -1.22. The standard InChI is InChI=1S/C38H58O5S2/c1-6-10-20-40-27-34-35(41-21-11-7-2)36(42-22-12-8-3)37(43-23-13-9-4)38(45-34)31-25-28(18-19-32(31)39-5)24-30-26-29-16-14-15-17-33(29)44-30/h14-19,25,30,34-38H,6-13,20-24,26-27H2,1-5H3/t30?,34-,35-,36+,37-,38+/m1/s1. The first-order valence-electron chi connectivity index (χ1n) is 17.6. The van der Waals surface area contributed by atoms with Gasteiger partial charge in [-0.3, -0.25) is 0 Å². The number of hydrogen-bond acceptors (Lipinski definition) is 7. The van der Waals surface area contributed by atoms with Crippen LogP contribution in [0.4, 0.5) is 0 Å². The predicted octanol–water partition coefficient (Wildman–Crippen LogP) is 9.48. The minimum Gasteiger partial charge on any atom is -0.496 e. The van der Waals surface area contributed by atoms with Crippen molar-refractivity contribution >= 4 is 23.5 Å². The molecule has 0 saturated carbocycles. The average molecular weight is 659 g/mol. The summed E-state index contributed by atoms with van der Waals surface area (Å²) in [7, 11) is 1.79. The molecule has 1 unspecified atom stereocenters. The normalized spacial score (nSPS) is 24.6. The van der Waals surface area contributed by atoms with Gasteiger partial charge in [-0.1, -0.05) is 83.7 Å². The fraction of sp³-hybridized carbons (Fsp3) is 0.684. The first-order chi connectivity index (χ1) is 22.1. The van der Waals surface area contributed by atoms with Crippen LogP contribution in [-0.4, -0.2) is 69.0 Å². The number of thioether (sulfide) groups is 2. The molecule has 1 saturated heterocycles. The average Bonchev–Trinajstić information content (AvgIpc) is 3.47. The summed E-state index contributed by atoms with van der Waals surface area (Å²) in [6.45, 7) is 12.4. The summed E-state index contributed by atoms with van der Waals surface area (Å²) in [6, 6.07) is 15.7. The van der Waals surface area contributed by atoms with E-state index in [2.05, 4.69) is 70.2 Å². The second-order valence-corrected chi connectivity index (χ2v) is 15.2. The molecule has 0 spiro atoms. The Bertz CT molecular complexity index is 1090. The van der Waals surface area contributed by atoms with Gasteiger partial charge in [-0.15, -0.1) is 23.5 Å². The summed E-state index contributed by atoms with van der Waals surface area (Å²) in [6.07, 6.45) is 10.3. The van der Waals surface area contributed by atoms with Gasteiger partial charge in [0.1, 0.15) is 24.1 Å². The van der Waals surface area contributed by atoms with Crippen molar-refractivity contribution in [3.63, 3.8) is 0 Å². The molecule has 5 nitrogen and oxygen atoms in total. The molecule has 2 aromatic carbocycles. The smallest absolute Gasteiger partial charge is 0.123 e. The first-order valence-corrected chi connectivity index (χ1v) is 19.4. The van der Waals surface area contributed by atoms with Gasteiger partial charge in [0.25, 0.3) is 0 Å². The van der Waals surface area contributed by atoms with Gasteiger partial charge in [0.15, 0.2) is 0 Å². The van der Waals surface area contributed by atoms with E-state index < -0.39 is 0 Å². The second-order valence-electron chi connectivity index (χ2n) is 12.4. The molecule has 7 heteroatoms. The number of methoxy groups -OCH3 is 1. The van der Waals surface area contributed by atoms with Gasteiger partial charge in [-0.05, 0) is 61.8 Å². The van der Waals surface area contributed by atoms with Crippen molar-refractivity contribution in [3.05, 3.63) is 59.2 Å². The monoisotopic (exact) mass is 658 g/mol. The largest absolute Gasteiger partial charge is 0.496 e. The third kappa shape index (κ3) is 10.6. The quantitative estimate of drug-likeness (QED) is 0.124. The molecule has 6 atom stereocenters. The maximum absolute atomic E-state index is 6.85. The van der Waals surface area contributed by atoms with E-state index in [0.717, 1.165) is 83.2 Å². The summed E-state index contributed by atoms with van der Waals surface area (Å²) in [5.74, 6) is 0.922. The lowest BCUT2D eigenvalue weighted by Crippen LogP contribution is -2.55. The van der Waals surface area contributed by atoms with Crippen LogP contribution < -0.4 is 4.74 Å². The molecule has 0 radical (unpaired) electrons. The highest BCUT2D eigenvalue weighted by molar-refractivity contribution is 8.00. The van der Waals surface area contributed by atoms with Crippen LogP contribution in [0, 0.1) is 0 Å². The Morgan fingerprint density at radius 3 is 2.04 bits per heavy atom. The molecule has 2 heterocycles. The highest BCUT2D eigenvalue weighted by Crippen LogP contribution is 2.49. The molecule has 2 aliphatic heterocycles. The zero-order chi connectivity index (χ0) is 31.9. The number of hydrogen-bond donors (Lipinski definition) is 0. The van der Waals surface area contributed by atoms with Crippen LogP contribution in [0.25, 0.3) is 0 Å². The Kier molecular flexibility index (Phi) is 16.4. The van der Waals surface area contributed by atoms with Crippen molar-refractivity contribution in [1.29, 1.82) is 0 Å². The lowest BCUT2D eigenvalue weighted by atomic mass is 9.93. The van der Waals surface area contributed by atoms with E-state index in [1.54, 1.807) is 7.11 Å². The van der Waals surface area contributed by atoms with Crippen LogP contribution in [-0.2, 0) is 31.8 Å². The van der Waals surface area contributed by atoms with Gasteiger partial charge >= 0.3 is 0 Å². The van der Waals surface area contributed by atoms with Crippen molar-refractivity contribution in [2.45, 2.75) is 131 Å². The maximum Gasteiger partial charge on any atom is 0.123 e. The van der Waals surface area contributed by atoms with Gasteiger partial charge in [0.05, 0.1) is 24.2 Å². The van der Waals surface area contributed by atoms with Gasteiger partial charge in [-0.2, -0.15) is 0 Å². The molecule has 0 amide bonds. The Labute approximate surface area is 282 Å². The highest BCUT2D eigenvalue weighted by Gasteiger charge is 2.49. The SMILES string of the molecule is CCCCOC[C@H]1S[C@@H](c2cc(CC3Cc4ccccc4S3)ccc2OC)[C@H](OCCCC)[C@@H](OCCCC)[C@@H]1OCCCC. The Balaban J connectivity index is 1.66. The molecular formula is C38H58O5S2. The number of rotatable bonds is 21. The highest BCUT2D eigenvalue weighted by atomic mass is 32.2. The topological polar surface area (TPSA) is 46.2 Å². The number of ether oxygens (including phenoxy) is 5. The Morgan fingerprint density at radius 1 is 0.733 bits per heavy atom. The van der Waals surface area contributed by atoms with Crippen LogP contribution in [0.15, 0.2) is 47.4 Å². The predicted molar refractivity (Wildman–Crippen MR) is 190 cm³/mol. The molecule has 0 N–H and O–H groups in total. The van der Waals surface area contributed by atoms with E-state index in [0.29, 0.717) is 25.1 Å². The zero-order valence-electron chi connectivity index (χ0n) is 28.5. The Morgan fingerprint density at radius 2 is 1.38 bits per heavy atom. The molecule has 0 aliphatic carbocycles. The lowest BCUT2D eigenvalue weighted by Gasteiger charge is -2.46. The van der Waals surface area contributed by atoms with Crippen LogP contribution in [0.5, 0.6) is 5.75 Å². The van der Waals surface area contributed by atoms with Crippen molar-refractivity contribution in [1.82, 2.24) is 0 Å². The second kappa shape index (κ2) is 20.2. The van der Waals surface area contributed by atoms with E-state index in [-0.39, 0.29) is 28.8 Å². The first kappa shape index (κ1) is 36.6. The molecule has 1 fully saturated rings. The van der Waals surface area contributed by atoms with Gasteiger partial charge in [-0.25, -0.2) is 0 Å². The third-order valence-electron chi connectivity index (χ3n) is 8.76. The van der Waals surface area contributed by atoms with Crippen molar-refractivity contribution in [2.24, 2.45) is 0 Å². The third-order valence-corrected chi connectivity index (χ3v) is 11.6. The maximum atomic E-state index is 6.85. The molecule has 2 aromatic rings. The summed E-state index contributed by atoms with van der Waals surface area (Å²) in [5, 5.41) is 0.720. The van der Waals surface area contributed by atoms with Crippen molar-refractivity contribution in [3.8, 4) is 5.75 Å². The van der Waals surface area contributed by atoms with E-state index in [1.807, 2.05) is 23.5 Å². The van der Waals surface area contributed by atoms with Crippen LogP contribution >= 0.6 is 23.5 Å². The minimum absolute atomic E-state index is 0.0441. The molecule has 2 aliphatic rings. The van der Waals surface area contributed by atoms with Gasteiger partial charge in [0.2, 0.25) is 0 Å². The molecule has 0 bridgehead atoms. The van der Waals surface area contributed by atoms with Crippen LogP contribution in [0.3, 0.4) is 0 Å². The lowest BCUT2D eigenvalue weighted by molar-refractivity contribution is -0.149. The van der Waals surface area contributed by atoms with Gasteiger partial charge in [0, 0.05) is 42.1 Å². The van der Waals surface area contributed by atoms with Crippen LogP contribution in [0.1, 0.15) is 101 Å². The molecule has 0 aromatic heterocycles. The van der Waals surface area contributed by atoms with Gasteiger partial charge < -0.3 is 23.7 Å². The summed E-state index contributed by atoms with van der Waals surface area (Å²) < 4.78 is 32.7. The summed E-state index contributed by atoms with van der Waals surface area (Å²) >= 11 is 3.97. The van der Waals surface area contributed by atoms with E-state index in [4.69, 9.17) is 23.7 Å². The zero-order valence-corrected chi connectivity index (χ0v) is 30.1. The summed E-state index contributed by atoms with van der Waals surface area (Å²) in [4.78, 5) is 1.43. The molecule has 4 rings (SSSR count). The van der Waals surface area contributed by atoms with E-state index in [1.165, 1.54) is 21.6 Å². The summed E-state index contributed by atoms with van der Waals surface area (Å²) in [5.41, 5.74) is 4.03. The van der Waals surface area contributed by atoms with E-state index in [9.17, 15) is 0 Å². The molecule has 45 heavy (non-hydrogen) atoms. The fourth-order valence-electron chi connectivity index (χ4n) is 6.17. The number of unbranched alkanes of at least 4 members (excludes halogenated alkanes) is 4. The van der Waals surface area contributed by atoms with E-state index >= 15 is 0 Å². The molecular weight excluding hydrogens is 601 g/mol. The van der Waals surface area contributed by atoms with Crippen molar-refractivity contribution in [2.75, 3.05) is 40.1 Å².